The van der Waals surface area contributed by atoms with Gasteiger partial charge in [-0.3, -0.25) is 0 Å². The standard InChI is InChI=1S/C23H31NO8S/c1-27-17-12-15(13-18(28-2)21(17)29-3)20-23(31-10-9-24)22(30-4)19(32-20)14-7-6-8-16(11-14)33(5,25)26/h6-8,11-13,19-20,22-23H,9-10,24H2,1-5H3. The van der Waals surface area contributed by atoms with Crippen molar-refractivity contribution in [1.82, 2.24) is 0 Å². The Labute approximate surface area is 194 Å². The second-order valence-corrected chi connectivity index (χ2v) is 9.62. The van der Waals surface area contributed by atoms with Gasteiger partial charge in [0.2, 0.25) is 5.75 Å². The highest BCUT2D eigenvalue weighted by atomic mass is 32.2. The zero-order chi connectivity index (χ0) is 24.2. The number of hydrogen-bond acceptors (Lipinski definition) is 9. The molecule has 1 heterocycles. The smallest absolute Gasteiger partial charge is 0.203 e. The maximum absolute atomic E-state index is 12.1. The second kappa shape index (κ2) is 10.7. The number of methoxy groups -OCH3 is 4. The molecule has 0 saturated carbocycles. The molecular formula is C23H31NO8S. The fraction of sp³-hybridized carbons (Fsp3) is 0.478. The molecule has 10 heteroatoms. The Morgan fingerprint density at radius 1 is 0.909 bits per heavy atom. The largest absolute Gasteiger partial charge is 0.493 e. The molecule has 0 bridgehead atoms. The molecule has 4 unspecified atom stereocenters. The number of benzene rings is 2. The van der Waals surface area contributed by atoms with Gasteiger partial charge in [0.25, 0.3) is 0 Å². The van der Waals surface area contributed by atoms with Crippen LogP contribution in [0.2, 0.25) is 0 Å². The van der Waals surface area contributed by atoms with Crippen LogP contribution in [0.15, 0.2) is 41.3 Å². The van der Waals surface area contributed by atoms with Crippen LogP contribution in [0.1, 0.15) is 23.3 Å². The third-order valence-corrected chi connectivity index (χ3v) is 6.65. The van der Waals surface area contributed by atoms with Crippen molar-refractivity contribution >= 4 is 9.84 Å². The first-order valence-electron chi connectivity index (χ1n) is 10.4. The summed E-state index contributed by atoms with van der Waals surface area (Å²) in [4.78, 5) is 0.203. The Morgan fingerprint density at radius 3 is 2.06 bits per heavy atom. The summed E-state index contributed by atoms with van der Waals surface area (Å²) in [6.07, 6.45) is -1.02. The van der Waals surface area contributed by atoms with Gasteiger partial charge in [0, 0.05) is 19.9 Å². The highest BCUT2D eigenvalue weighted by Gasteiger charge is 2.47. The van der Waals surface area contributed by atoms with E-state index in [1.807, 2.05) is 6.07 Å². The number of rotatable bonds is 10. The van der Waals surface area contributed by atoms with Gasteiger partial charge < -0.3 is 34.2 Å². The topological polar surface area (TPSA) is 116 Å². The van der Waals surface area contributed by atoms with Gasteiger partial charge >= 0.3 is 0 Å². The maximum Gasteiger partial charge on any atom is 0.203 e. The van der Waals surface area contributed by atoms with Gasteiger partial charge in [0.1, 0.15) is 24.4 Å². The fourth-order valence-electron chi connectivity index (χ4n) is 4.03. The van der Waals surface area contributed by atoms with Crippen molar-refractivity contribution < 1.29 is 36.8 Å². The predicted octanol–water partition coefficient (Wildman–Crippen LogP) is 2.29. The molecule has 2 aromatic carbocycles. The first-order chi connectivity index (χ1) is 15.8. The quantitative estimate of drug-likeness (QED) is 0.546. The van der Waals surface area contributed by atoms with E-state index in [2.05, 4.69) is 0 Å². The molecular weight excluding hydrogens is 450 g/mol. The summed E-state index contributed by atoms with van der Waals surface area (Å²) in [5.74, 6) is 1.41. The molecule has 182 valence electrons. The van der Waals surface area contributed by atoms with Crippen LogP contribution < -0.4 is 19.9 Å². The van der Waals surface area contributed by atoms with Crippen LogP contribution in [-0.2, 0) is 24.0 Å². The summed E-state index contributed by atoms with van der Waals surface area (Å²) < 4.78 is 58.9. The number of hydrogen-bond donors (Lipinski definition) is 1. The Morgan fingerprint density at radius 2 is 1.55 bits per heavy atom. The van der Waals surface area contributed by atoms with E-state index < -0.39 is 34.3 Å². The first-order valence-corrected chi connectivity index (χ1v) is 12.3. The summed E-state index contributed by atoms with van der Waals surface area (Å²) >= 11 is 0. The fourth-order valence-corrected chi connectivity index (χ4v) is 4.70. The van der Waals surface area contributed by atoms with Crippen molar-refractivity contribution in [2.24, 2.45) is 5.73 Å². The molecule has 0 aromatic heterocycles. The normalized spacial score (nSPS) is 22.8. The summed E-state index contributed by atoms with van der Waals surface area (Å²) in [5.41, 5.74) is 7.09. The van der Waals surface area contributed by atoms with E-state index in [-0.39, 0.29) is 4.90 Å². The molecule has 2 N–H and O–H groups in total. The first kappa shape index (κ1) is 25.3. The van der Waals surface area contributed by atoms with Crippen LogP contribution in [0.4, 0.5) is 0 Å². The predicted molar refractivity (Wildman–Crippen MR) is 122 cm³/mol. The van der Waals surface area contributed by atoms with Gasteiger partial charge in [-0.1, -0.05) is 12.1 Å². The lowest BCUT2D eigenvalue weighted by atomic mass is 9.97. The van der Waals surface area contributed by atoms with E-state index in [9.17, 15) is 8.42 Å². The molecule has 4 atom stereocenters. The van der Waals surface area contributed by atoms with Crippen molar-refractivity contribution in [3.8, 4) is 17.2 Å². The van der Waals surface area contributed by atoms with Crippen LogP contribution in [0.25, 0.3) is 0 Å². The van der Waals surface area contributed by atoms with E-state index in [0.717, 1.165) is 5.56 Å². The lowest BCUT2D eigenvalue weighted by Gasteiger charge is -2.24. The molecule has 0 spiro atoms. The van der Waals surface area contributed by atoms with Crippen LogP contribution in [0.5, 0.6) is 17.2 Å². The van der Waals surface area contributed by atoms with Gasteiger partial charge in [-0.05, 0) is 35.4 Å². The zero-order valence-corrected chi connectivity index (χ0v) is 20.3. The summed E-state index contributed by atoms with van der Waals surface area (Å²) in [6, 6.07) is 10.2. The lowest BCUT2D eigenvalue weighted by molar-refractivity contribution is -0.0486. The molecule has 1 aliphatic rings. The van der Waals surface area contributed by atoms with Crippen molar-refractivity contribution in [3.63, 3.8) is 0 Å². The van der Waals surface area contributed by atoms with E-state index in [1.54, 1.807) is 37.4 Å². The molecule has 1 fully saturated rings. The van der Waals surface area contributed by atoms with Gasteiger partial charge in [-0.25, -0.2) is 8.42 Å². The van der Waals surface area contributed by atoms with Crippen molar-refractivity contribution in [2.75, 3.05) is 47.8 Å². The summed E-state index contributed by atoms with van der Waals surface area (Å²) in [7, 11) is 2.79. The van der Waals surface area contributed by atoms with Crippen LogP contribution >= 0.6 is 0 Å². The highest BCUT2D eigenvalue weighted by Crippen LogP contribution is 2.48. The maximum atomic E-state index is 12.1. The second-order valence-electron chi connectivity index (χ2n) is 7.61. The van der Waals surface area contributed by atoms with E-state index >= 15 is 0 Å². The van der Waals surface area contributed by atoms with Crippen molar-refractivity contribution in [3.05, 3.63) is 47.5 Å². The minimum Gasteiger partial charge on any atom is -0.493 e. The average Bonchev–Trinajstić information content (AvgIpc) is 3.19. The SMILES string of the molecule is COc1cc(C2OC(c3cccc(S(C)(=O)=O)c3)C(OC)C2OCCN)cc(OC)c1OC. The molecule has 9 nitrogen and oxygen atoms in total. The van der Waals surface area contributed by atoms with Crippen LogP contribution in [-0.4, -0.2) is 68.5 Å². The Bertz CT molecular complexity index is 1030. The van der Waals surface area contributed by atoms with Crippen LogP contribution in [0, 0.1) is 0 Å². The van der Waals surface area contributed by atoms with Gasteiger partial charge in [0.15, 0.2) is 21.3 Å². The minimum absolute atomic E-state index is 0.203. The van der Waals surface area contributed by atoms with Gasteiger partial charge in [0.05, 0.1) is 32.8 Å². The number of sulfone groups is 1. The number of nitrogens with two attached hydrogens (primary N) is 1. The van der Waals surface area contributed by atoms with Gasteiger partial charge in [-0.15, -0.1) is 0 Å². The molecule has 0 amide bonds. The molecule has 1 saturated heterocycles. The Kier molecular flexibility index (Phi) is 8.19. The van der Waals surface area contributed by atoms with Crippen molar-refractivity contribution in [2.45, 2.75) is 29.3 Å². The van der Waals surface area contributed by atoms with E-state index in [4.69, 9.17) is 34.2 Å². The Hall–Kier alpha value is -2.37. The average molecular weight is 482 g/mol. The summed E-state index contributed by atoms with van der Waals surface area (Å²) in [5, 5.41) is 0. The van der Waals surface area contributed by atoms with E-state index in [1.165, 1.54) is 27.6 Å². The highest BCUT2D eigenvalue weighted by molar-refractivity contribution is 7.90. The minimum atomic E-state index is -3.39. The summed E-state index contributed by atoms with van der Waals surface area (Å²) in [6.45, 7) is 0.619. The molecule has 0 aliphatic carbocycles. The van der Waals surface area contributed by atoms with E-state index in [0.29, 0.717) is 36.0 Å². The molecule has 1 aliphatic heterocycles. The van der Waals surface area contributed by atoms with Gasteiger partial charge in [-0.2, -0.15) is 0 Å². The molecule has 2 aromatic rings. The lowest BCUT2D eigenvalue weighted by Crippen LogP contribution is -2.33. The monoisotopic (exact) mass is 481 g/mol. The third-order valence-electron chi connectivity index (χ3n) is 5.54. The zero-order valence-electron chi connectivity index (χ0n) is 19.4. The third kappa shape index (κ3) is 5.25. The molecule has 33 heavy (non-hydrogen) atoms. The molecule has 3 rings (SSSR count). The Balaban J connectivity index is 2.08. The number of ether oxygens (including phenoxy) is 6. The van der Waals surface area contributed by atoms with Crippen LogP contribution in [0.3, 0.4) is 0 Å². The van der Waals surface area contributed by atoms with Crippen molar-refractivity contribution in [1.29, 1.82) is 0 Å². The molecule has 0 radical (unpaired) electrons.